The monoisotopic (exact) mass is 298 g/mol. The Bertz CT molecular complexity index is 652. The molecule has 1 fully saturated rings. The number of nitrogens with zero attached hydrogens (tertiary/aromatic N) is 4. The molecule has 1 aliphatic heterocycles. The van der Waals surface area contributed by atoms with Gasteiger partial charge in [0.25, 0.3) is 0 Å². The van der Waals surface area contributed by atoms with Crippen LogP contribution in [0.2, 0.25) is 0 Å². The summed E-state index contributed by atoms with van der Waals surface area (Å²) in [7, 11) is 0. The summed E-state index contributed by atoms with van der Waals surface area (Å²) >= 11 is 0. The topological polar surface area (TPSA) is 68.2 Å². The van der Waals surface area contributed by atoms with E-state index >= 15 is 0 Å². The molecule has 2 aromatic rings. The largest absolute Gasteiger partial charge is 0.372 e. The number of pyridine rings is 1. The van der Waals surface area contributed by atoms with E-state index in [2.05, 4.69) is 20.1 Å². The summed E-state index contributed by atoms with van der Waals surface area (Å²) in [5.41, 5.74) is 2.85. The summed E-state index contributed by atoms with van der Waals surface area (Å²) in [5.74, 6) is 0. The van der Waals surface area contributed by atoms with Gasteiger partial charge in [0.2, 0.25) is 0 Å². The van der Waals surface area contributed by atoms with Gasteiger partial charge in [0.05, 0.1) is 36.0 Å². The predicted octanol–water partition coefficient (Wildman–Crippen LogP) is 1.96. The third-order valence-corrected chi connectivity index (χ3v) is 3.65. The van der Waals surface area contributed by atoms with E-state index in [0.29, 0.717) is 5.69 Å². The molecule has 6 nitrogen and oxygen atoms in total. The van der Waals surface area contributed by atoms with Crippen LogP contribution in [0.5, 0.6) is 0 Å². The molecule has 0 bridgehead atoms. The van der Waals surface area contributed by atoms with Gasteiger partial charge >= 0.3 is 0 Å². The average molecular weight is 298 g/mol. The molecule has 22 heavy (non-hydrogen) atoms. The molecule has 2 unspecified atom stereocenters. The van der Waals surface area contributed by atoms with Crippen LogP contribution in [0.4, 0.5) is 5.69 Å². The minimum absolute atomic E-state index is 0.132. The first-order valence-corrected chi connectivity index (χ1v) is 7.31. The Balaban J connectivity index is 1.94. The molecule has 0 radical (unpaired) electrons. The maximum absolute atomic E-state index is 11.5. The van der Waals surface area contributed by atoms with Crippen LogP contribution >= 0.6 is 0 Å². The molecule has 0 saturated carbocycles. The molecule has 6 heteroatoms. The fraction of sp³-hybridized carbons (Fsp3) is 0.375. The van der Waals surface area contributed by atoms with Crippen LogP contribution in [-0.4, -0.2) is 46.8 Å². The Hall–Kier alpha value is -2.34. The van der Waals surface area contributed by atoms with Crippen LogP contribution in [0.25, 0.3) is 11.3 Å². The van der Waals surface area contributed by atoms with Crippen LogP contribution in [0.3, 0.4) is 0 Å². The molecule has 0 aliphatic carbocycles. The summed E-state index contributed by atoms with van der Waals surface area (Å²) in [5, 5.41) is 7.60. The Morgan fingerprint density at radius 1 is 1.18 bits per heavy atom. The van der Waals surface area contributed by atoms with Gasteiger partial charge in [0, 0.05) is 18.7 Å². The van der Waals surface area contributed by atoms with Gasteiger partial charge in [-0.3, -0.25) is 4.79 Å². The second-order valence-corrected chi connectivity index (χ2v) is 5.51. The number of carbonyl (C=O) groups is 1. The Morgan fingerprint density at radius 3 is 2.59 bits per heavy atom. The third-order valence-electron chi connectivity index (χ3n) is 3.65. The number of carbonyl (C=O) groups excluding carboxylic acids is 1. The van der Waals surface area contributed by atoms with E-state index in [-0.39, 0.29) is 12.2 Å². The average Bonchev–Trinajstić information content (AvgIpc) is 2.54. The molecule has 1 saturated heterocycles. The Labute approximate surface area is 129 Å². The van der Waals surface area contributed by atoms with Crippen molar-refractivity contribution in [2.45, 2.75) is 26.1 Å². The summed E-state index contributed by atoms with van der Waals surface area (Å²) in [6, 6.07) is 5.67. The van der Waals surface area contributed by atoms with Crippen molar-refractivity contribution in [3.63, 3.8) is 0 Å². The molecular formula is C16H18N4O2. The van der Waals surface area contributed by atoms with E-state index in [1.54, 1.807) is 12.4 Å². The maximum Gasteiger partial charge on any atom is 0.170 e. The van der Waals surface area contributed by atoms with Gasteiger partial charge in [-0.15, -0.1) is 0 Å². The molecule has 0 N–H and O–H groups in total. The molecule has 1 aliphatic rings. The molecule has 2 atom stereocenters. The number of aldehydes is 1. The molecule has 3 rings (SSSR count). The van der Waals surface area contributed by atoms with Crippen LogP contribution < -0.4 is 4.90 Å². The Kier molecular flexibility index (Phi) is 4.11. The van der Waals surface area contributed by atoms with Crippen LogP contribution in [0.15, 0.2) is 30.6 Å². The van der Waals surface area contributed by atoms with Crippen LogP contribution in [-0.2, 0) is 4.74 Å². The molecule has 114 valence electrons. The lowest BCUT2D eigenvalue weighted by atomic mass is 10.1. The van der Waals surface area contributed by atoms with E-state index < -0.39 is 0 Å². The number of morpholine rings is 1. The number of hydrogen-bond acceptors (Lipinski definition) is 6. The fourth-order valence-corrected chi connectivity index (χ4v) is 2.80. The first-order valence-electron chi connectivity index (χ1n) is 7.31. The van der Waals surface area contributed by atoms with Crippen molar-refractivity contribution < 1.29 is 9.53 Å². The van der Waals surface area contributed by atoms with Crippen molar-refractivity contribution in [3.05, 3.63) is 36.3 Å². The standard InChI is InChI=1S/C16H18N4O2/c1-11-8-20(9-12(2)22-11)16-4-3-14(19-15(16)10-21)13-5-6-17-18-7-13/h3-7,10-12H,8-9H2,1-2H3. The van der Waals surface area contributed by atoms with Crippen molar-refractivity contribution in [1.29, 1.82) is 0 Å². The summed E-state index contributed by atoms with van der Waals surface area (Å²) in [4.78, 5) is 18.1. The summed E-state index contributed by atoms with van der Waals surface area (Å²) in [6.07, 6.45) is 4.31. The predicted molar refractivity (Wildman–Crippen MR) is 82.9 cm³/mol. The summed E-state index contributed by atoms with van der Waals surface area (Å²) in [6.45, 7) is 5.58. The van der Waals surface area contributed by atoms with Gasteiger partial charge in [-0.05, 0) is 32.0 Å². The second-order valence-electron chi connectivity index (χ2n) is 5.51. The highest BCUT2D eigenvalue weighted by Crippen LogP contribution is 2.25. The molecule has 0 amide bonds. The van der Waals surface area contributed by atoms with Crippen molar-refractivity contribution in [2.75, 3.05) is 18.0 Å². The number of anilines is 1. The van der Waals surface area contributed by atoms with E-state index in [9.17, 15) is 4.79 Å². The van der Waals surface area contributed by atoms with E-state index in [1.807, 2.05) is 32.0 Å². The number of ether oxygens (including phenoxy) is 1. The smallest absolute Gasteiger partial charge is 0.170 e. The fourth-order valence-electron chi connectivity index (χ4n) is 2.80. The highest BCUT2D eigenvalue weighted by molar-refractivity contribution is 5.83. The zero-order valence-corrected chi connectivity index (χ0v) is 12.6. The molecule has 2 aromatic heterocycles. The SMILES string of the molecule is CC1CN(c2ccc(-c3ccnnc3)nc2C=O)CC(C)O1. The van der Waals surface area contributed by atoms with Crippen LogP contribution in [0.1, 0.15) is 24.3 Å². The van der Waals surface area contributed by atoms with Crippen molar-refractivity contribution >= 4 is 12.0 Å². The van der Waals surface area contributed by atoms with E-state index in [0.717, 1.165) is 36.3 Å². The van der Waals surface area contributed by atoms with Crippen molar-refractivity contribution in [1.82, 2.24) is 15.2 Å². The lowest BCUT2D eigenvalue weighted by Gasteiger charge is -2.37. The van der Waals surface area contributed by atoms with Crippen molar-refractivity contribution in [3.8, 4) is 11.3 Å². The highest BCUT2D eigenvalue weighted by Gasteiger charge is 2.24. The summed E-state index contributed by atoms with van der Waals surface area (Å²) < 4.78 is 5.74. The van der Waals surface area contributed by atoms with Gasteiger partial charge in [0.1, 0.15) is 5.69 Å². The van der Waals surface area contributed by atoms with E-state index in [4.69, 9.17) is 4.74 Å². The van der Waals surface area contributed by atoms with Crippen LogP contribution in [0, 0.1) is 0 Å². The minimum atomic E-state index is 0.132. The maximum atomic E-state index is 11.5. The lowest BCUT2D eigenvalue weighted by molar-refractivity contribution is -0.00527. The third kappa shape index (κ3) is 2.96. The van der Waals surface area contributed by atoms with Gasteiger partial charge in [-0.1, -0.05) is 0 Å². The first kappa shape index (κ1) is 14.6. The Morgan fingerprint density at radius 2 is 1.95 bits per heavy atom. The van der Waals surface area contributed by atoms with Gasteiger partial charge < -0.3 is 9.64 Å². The zero-order valence-electron chi connectivity index (χ0n) is 12.6. The van der Waals surface area contributed by atoms with Gasteiger partial charge in [-0.2, -0.15) is 10.2 Å². The lowest BCUT2D eigenvalue weighted by Crippen LogP contribution is -2.45. The number of hydrogen-bond donors (Lipinski definition) is 0. The quantitative estimate of drug-likeness (QED) is 0.807. The van der Waals surface area contributed by atoms with Crippen molar-refractivity contribution in [2.24, 2.45) is 0 Å². The van der Waals surface area contributed by atoms with Gasteiger partial charge in [-0.25, -0.2) is 4.98 Å². The molecule has 0 spiro atoms. The second kappa shape index (κ2) is 6.19. The molecule has 0 aromatic carbocycles. The van der Waals surface area contributed by atoms with Gasteiger partial charge in [0.15, 0.2) is 6.29 Å². The first-order chi connectivity index (χ1) is 10.7. The number of aromatic nitrogens is 3. The number of rotatable bonds is 3. The van der Waals surface area contributed by atoms with E-state index in [1.165, 1.54) is 0 Å². The normalized spacial score (nSPS) is 21.6. The molecular weight excluding hydrogens is 280 g/mol. The zero-order chi connectivity index (χ0) is 15.5. The minimum Gasteiger partial charge on any atom is -0.372 e. The molecule has 3 heterocycles. The highest BCUT2D eigenvalue weighted by atomic mass is 16.5.